The second-order valence-electron chi connectivity index (χ2n) is 13.2. The summed E-state index contributed by atoms with van der Waals surface area (Å²) in [6.07, 6.45) is -14.2. The van der Waals surface area contributed by atoms with Crippen molar-refractivity contribution in [2.75, 3.05) is 24.7 Å². The summed E-state index contributed by atoms with van der Waals surface area (Å²) in [5.74, 6) is -40.4. The Balaban J connectivity index is 1.59. The molecule has 1 saturated heterocycles. The number of esters is 3. The van der Waals surface area contributed by atoms with Crippen molar-refractivity contribution in [2.45, 2.75) is 83.1 Å². The molecule has 5 aliphatic rings. The lowest BCUT2D eigenvalue weighted by molar-refractivity contribution is -0.349. The van der Waals surface area contributed by atoms with Gasteiger partial charge in [0.25, 0.3) is 0 Å². The molecule has 0 radical (unpaired) electrons. The maximum absolute atomic E-state index is 14.0. The topological polar surface area (TPSA) is 133 Å². The summed E-state index contributed by atoms with van der Waals surface area (Å²) in [6, 6.07) is 0. The molecular weight excluding hydrogens is 844 g/mol. The van der Waals surface area contributed by atoms with Gasteiger partial charge in [-0.05, 0) is 49.9 Å². The fourth-order valence-corrected chi connectivity index (χ4v) is 11.2. The molecule has 2 atom stereocenters. The van der Waals surface area contributed by atoms with Crippen LogP contribution in [0.15, 0.2) is 0 Å². The van der Waals surface area contributed by atoms with Gasteiger partial charge in [0, 0.05) is 11.5 Å². The van der Waals surface area contributed by atoms with Crippen LogP contribution in [0.25, 0.3) is 0 Å². The first-order chi connectivity index (χ1) is 23.5. The van der Waals surface area contributed by atoms with E-state index in [1.807, 2.05) is 0 Å². The number of thioether (sulfide) groups is 2. The van der Waals surface area contributed by atoms with Gasteiger partial charge in [-0.3, -0.25) is 4.55 Å². The number of halogens is 16. The Morgan fingerprint density at radius 3 is 1.36 bits per heavy atom. The van der Waals surface area contributed by atoms with E-state index in [2.05, 4.69) is 9.47 Å². The minimum absolute atomic E-state index is 0.0535. The van der Waals surface area contributed by atoms with Crippen molar-refractivity contribution in [1.29, 1.82) is 0 Å². The van der Waals surface area contributed by atoms with Crippen LogP contribution in [0.5, 0.6) is 0 Å². The first-order valence-corrected chi connectivity index (χ1v) is 17.8. The Morgan fingerprint density at radius 2 is 1.02 bits per heavy atom. The zero-order valence-corrected chi connectivity index (χ0v) is 28.0. The molecule has 5 rings (SSSR count). The summed E-state index contributed by atoms with van der Waals surface area (Å²) in [6.45, 7) is -3.58. The molecule has 9 nitrogen and oxygen atoms in total. The smallest absolute Gasteiger partial charge is 0.460 e. The molecule has 0 aromatic rings. The third-order valence-electron chi connectivity index (χ3n) is 9.38. The minimum Gasteiger partial charge on any atom is -0.460 e. The molecule has 28 heteroatoms. The van der Waals surface area contributed by atoms with Gasteiger partial charge in [-0.25, -0.2) is 14.4 Å². The van der Waals surface area contributed by atoms with Crippen molar-refractivity contribution < 1.29 is 112 Å². The molecule has 2 unspecified atom stereocenters. The highest BCUT2D eigenvalue weighted by atomic mass is 32.2. The molecule has 4 aliphatic carbocycles. The maximum atomic E-state index is 14.0. The Labute approximate surface area is 294 Å². The summed E-state index contributed by atoms with van der Waals surface area (Å²) in [7, 11) is -6.27. The first kappa shape index (κ1) is 43.6. The molecule has 1 N–H and O–H groups in total. The number of ether oxygens (including phenoxy) is 3. The number of rotatable bonds is 11. The number of carbonyl (C=O) groups excluding carboxylic acids is 3. The lowest BCUT2D eigenvalue weighted by Crippen LogP contribution is -2.64. The van der Waals surface area contributed by atoms with Crippen molar-refractivity contribution in [3.8, 4) is 0 Å². The van der Waals surface area contributed by atoms with Gasteiger partial charge < -0.3 is 14.2 Å². The molecule has 0 amide bonds. The average molecular weight is 867 g/mol. The molecule has 306 valence electrons. The van der Waals surface area contributed by atoms with Crippen LogP contribution in [0.2, 0.25) is 0 Å². The average Bonchev–Trinajstić information content (AvgIpc) is 2.99. The van der Waals surface area contributed by atoms with E-state index in [0.717, 1.165) is 0 Å². The van der Waals surface area contributed by atoms with E-state index in [1.54, 1.807) is 0 Å². The van der Waals surface area contributed by atoms with Gasteiger partial charge in [-0.2, -0.15) is 78.7 Å². The number of alkyl halides is 16. The molecular formula is C25H22F16O9S3. The molecule has 4 saturated carbocycles. The van der Waals surface area contributed by atoms with Crippen LogP contribution < -0.4 is 0 Å². The monoisotopic (exact) mass is 866 g/mol. The second kappa shape index (κ2) is 13.0. The molecule has 0 aromatic carbocycles. The summed E-state index contributed by atoms with van der Waals surface area (Å²) in [5, 5.41) is -5.38. The van der Waals surface area contributed by atoms with Crippen molar-refractivity contribution >= 4 is 51.5 Å². The second-order valence-corrected chi connectivity index (χ2v) is 17.4. The van der Waals surface area contributed by atoms with E-state index in [-0.39, 0.29) is 38.0 Å². The molecule has 1 heterocycles. The van der Waals surface area contributed by atoms with Crippen molar-refractivity contribution in [3.63, 3.8) is 0 Å². The third-order valence-corrected chi connectivity index (χ3v) is 14.7. The normalized spacial score (nSPS) is 27.8. The van der Waals surface area contributed by atoms with E-state index < -0.39 is 121 Å². The van der Waals surface area contributed by atoms with Crippen LogP contribution in [-0.2, 0) is 38.7 Å². The predicted molar refractivity (Wildman–Crippen MR) is 143 cm³/mol. The van der Waals surface area contributed by atoms with Crippen molar-refractivity contribution in [3.05, 3.63) is 0 Å². The van der Waals surface area contributed by atoms with E-state index in [4.69, 9.17) is 9.29 Å². The fraction of sp³-hybridized carbons (Fsp3) is 0.880. The van der Waals surface area contributed by atoms with Gasteiger partial charge in [0.05, 0.1) is 9.49 Å². The van der Waals surface area contributed by atoms with Crippen LogP contribution in [-0.4, -0.2) is 107 Å². The summed E-state index contributed by atoms with van der Waals surface area (Å²) in [4.78, 5) is 35.9. The summed E-state index contributed by atoms with van der Waals surface area (Å²) in [5.41, 5.74) is -4.16. The Hall–Kier alpha value is -2.10. The molecule has 4 bridgehead atoms. The number of carbonyl (C=O) groups is 3. The highest BCUT2D eigenvalue weighted by molar-refractivity contribution is 8.18. The fourth-order valence-electron chi connectivity index (χ4n) is 6.87. The highest BCUT2D eigenvalue weighted by Gasteiger charge is 2.79. The van der Waals surface area contributed by atoms with Crippen molar-refractivity contribution in [1.82, 2.24) is 0 Å². The molecule has 0 aromatic heterocycles. The van der Waals surface area contributed by atoms with E-state index in [9.17, 15) is 93.0 Å². The lowest BCUT2D eigenvalue weighted by Gasteiger charge is -2.65. The minimum atomic E-state index is -7.05. The Morgan fingerprint density at radius 1 is 0.642 bits per heavy atom. The zero-order chi connectivity index (χ0) is 40.9. The van der Waals surface area contributed by atoms with Crippen LogP contribution in [0.3, 0.4) is 0 Å². The lowest BCUT2D eigenvalue weighted by atomic mass is 9.53. The summed E-state index contributed by atoms with van der Waals surface area (Å²) < 4.78 is 256. The van der Waals surface area contributed by atoms with Crippen LogP contribution in [0.1, 0.15) is 32.1 Å². The number of hydrogen-bond acceptors (Lipinski definition) is 10. The van der Waals surface area contributed by atoms with Crippen LogP contribution in [0, 0.1) is 23.2 Å². The van der Waals surface area contributed by atoms with Gasteiger partial charge >= 0.3 is 69.3 Å². The molecule has 1 spiro atoms. The van der Waals surface area contributed by atoms with Gasteiger partial charge in [-0.15, -0.1) is 23.5 Å². The van der Waals surface area contributed by atoms with E-state index >= 15 is 0 Å². The Kier molecular flexibility index (Phi) is 10.7. The third kappa shape index (κ3) is 7.11. The van der Waals surface area contributed by atoms with Gasteiger partial charge in [0.1, 0.15) is 18.8 Å². The molecule has 5 fully saturated rings. The SMILES string of the molecule is O=C(OCC1(COC(=O)C(F)(F)C(F)(F)C(F)(F)F)CSC2(SC1)C1CC3CC2CC(OC(=O)C(F)(F)S(=O)(=O)O)(C3)C1)C(F)(F)C(F)(F)C(F)(F)F. The zero-order valence-electron chi connectivity index (χ0n) is 25.6. The van der Waals surface area contributed by atoms with Gasteiger partial charge in [0.2, 0.25) is 0 Å². The maximum Gasteiger partial charge on any atom is 0.465 e. The molecule has 1 aliphatic heterocycles. The Bertz CT molecular complexity index is 1520. The van der Waals surface area contributed by atoms with Crippen molar-refractivity contribution in [2.24, 2.45) is 23.2 Å². The molecule has 53 heavy (non-hydrogen) atoms. The van der Waals surface area contributed by atoms with Crippen LogP contribution >= 0.6 is 23.5 Å². The summed E-state index contributed by atoms with van der Waals surface area (Å²) >= 11 is 1.40. The van der Waals surface area contributed by atoms with E-state index in [0.29, 0.717) is 23.5 Å². The predicted octanol–water partition coefficient (Wildman–Crippen LogP) is 6.50. The van der Waals surface area contributed by atoms with E-state index in [1.165, 1.54) is 0 Å². The first-order valence-electron chi connectivity index (χ1n) is 14.4. The highest BCUT2D eigenvalue weighted by Crippen LogP contribution is 2.71. The largest absolute Gasteiger partial charge is 0.465 e. The van der Waals surface area contributed by atoms with Gasteiger partial charge in [0.15, 0.2) is 0 Å². The standard InChI is InChI=1S/C25H22F16O9S3/c26-19(27,22(32,33)24(36,37)38)13(42)48-6-16(7-49-14(43)20(28,29)23(34,35)25(39,40)41)8-51-18(52-9-16)11-1-10-2-12(18)5-17(3-10,4-11)50-15(44)21(30,31)53(45,46)47/h10-12H,1-9H2,(H,45,46,47). The van der Waals surface area contributed by atoms with Crippen LogP contribution in [0.4, 0.5) is 70.2 Å². The van der Waals surface area contributed by atoms with Gasteiger partial charge in [-0.1, -0.05) is 0 Å². The quantitative estimate of drug-likeness (QED) is 0.106. The number of hydrogen-bond donors (Lipinski definition) is 1.